The standard InChI is InChI=1S/C19H26N4O4/c1-5-7-8-23-13(3)9-15(14(23)4)10-16(11-20)18(25)27-12-17(24)22-19(26)21-6-2/h9-10H,5-8,12H2,1-4H3,(H2,21,22,24,26)/b16-10+. The number of nitriles is 1. The molecule has 0 spiro atoms. The zero-order chi connectivity index (χ0) is 20.4. The number of carbonyl (C=O) groups excluding carboxylic acids is 3. The first kappa shape index (κ1) is 22.0. The molecule has 0 aliphatic rings. The van der Waals surface area contributed by atoms with Gasteiger partial charge in [0.05, 0.1) is 0 Å². The highest BCUT2D eigenvalue weighted by molar-refractivity contribution is 6.00. The molecule has 0 aliphatic heterocycles. The van der Waals surface area contributed by atoms with Crippen LogP contribution in [0.15, 0.2) is 11.6 Å². The van der Waals surface area contributed by atoms with Crippen molar-refractivity contribution in [2.45, 2.75) is 47.1 Å². The number of imide groups is 1. The molecule has 0 saturated carbocycles. The van der Waals surface area contributed by atoms with Crippen LogP contribution >= 0.6 is 0 Å². The van der Waals surface area contributed by atoms with E-state index in [4.69, 9.17) is 4.74 Å². The van der Waals surface area contributed by atoms with E-state index in [1.54, 1.807) is 13.0 Å². The normalized spacial score (nSPS) is 10.9. The second kappa shape index (κ2) is 10.8. The smallest absolute Gasteiger partial charge is 0.349 e. The highest BCUT2D eigenvalue weighted by atomic mass is 16.5. The lowest BCUT2D eigenvalue weighted by molar-refractivity contribution is -0.144. The monoisotopic (exact) mass is 374 g/mol. The molecular weight excluding hydrogens is 348 g/mol. The zero-order valence-corrected chi connectivity index (χ0v) is 16.2. The number of aryl methyl sites for hydroxylation is 1. The van der Waals surface area contributed by atoms with E-state index in [9.17, 15) is 19.6 Å². The molecule has 1 aromatic heterocycles. The average molecular weight is 374 g/mol. The van der Waals surface area contributed by atoms with E-state index in [1.165, 1.54) is 6.08 Å². The van der Waals surface area contributed by atoms with Gasteiger partial charge in [0.2, 0.25) is 0 Å². The van der Waals surface area contributed by atoms with E-state index in [0.29, 0.717) is 6.54 Å². The number of rotatable bonds is 8. The molecular formula is C19H26N4O4. The predicted molar refractivity (Wildman–Crippen MR) is 101 cm³/mol. The summed E-state index contributed by atoms with van der Waals surface area (Å²) in [4.78, 5) is 34.8. The van der Waals surface area contributed by atoms with Gasteiger partial charge in [0.1, 0.15) is 11.6 Å². The van der Waals surface area contributed by atoms with Gasteiger partial charge in [0.25, 0.3) is 5.91 Å². The SMILES string of the molecule is CCCCn1c(C)cc(/C=C(\C#N)C(=O)OCC(=O)NC(=O)NCC)c1C. The first-order valence-electron chi connectivity index (χ1n) is 8.87. The minimum Gasteiger partial charge on any atom is -0.451 e. The number of esters is 1. The minimum atomic E-state index is -0.915. The lowest BCUT2D eigenvalue weighted by Crippen LogP contribution is -2.41. The van der Waals surface area contributed by atoms with Crippen LogP contribution in [0.4, 0.5) is 4.79 Å². The van der Waals surface area contributed by atoms with Crippen molar-refractivity contribution >= 4 is 24.0 Å². The molecule has 1 aromatic rings. The van der Waals surface area contributed by atoms with Crippen LogP contribution in [0.2, 0.25) is 0 Å². The maximum absolute atomic E-state index is 12.1. The summed E-state index contributed by atoms with van der Waals surface area (Å²) < 4.78 is 6.96. The summed E-state index contributed by atoms with van der Waals surface area (Å²) in [7, 11) is 0. The molecule has 0 bridgehead atoms. The van der Waals surface area contributed by atoms with E-state index in [2.05, 4.69) is 16.8 Å². The Morgan fingerprint density at radius 3 is 2.59 bits per heavy atom. The maximum atomic E-state index is 12.1. The molecule has 3 amide bonds. The maximum Gasteiger partial charge on any atom is 0.349 e. The number of carbonyl (C=O) groups is 3. The predicted octanol–water partition coefficient (Wildman–Crippen LogP) is 2.20. The number of urea groups is 1. The Labute approximate surface area is 159 Å². The Balaban J connectivity index is 2.80. The van der Waals surface area contributed by atoms with Crippen molar-refractivity contribution in [2.24, 2.45) is 0 Å². The fraction of sp³-hybridized carbons (Fsp3) is 0.474. The number of nitrogens with one attached hydrogen (secondary N) is 2. The second-order valence-electron chi connectivity index (χ2n) is 5.99. The molecule has 8 heteroatoms. The number of aromatic nitrogens is 1. The summed E-state index contributed by atoms with van der Waals surface area (Å²) >= 11 is 0. The molecule has 0 radical (unpaired) electrons. The molecule has 0 fully saturated rings. The first-order valence-corrected chi connectivity index (χ1v) is 8.87. The number of unbranched alkanes of at least 4 members (excludes halogenated alkanes) is 1. The van der Waals surface area contributed by atoms with Gasteiger partial charge in [0.15, 0.2) is 6.61 Å². The van der Waals surface area contributed by atoms with Gasteiger partial charge in [-0.1, -0.05) is 13.3 Å². The van der Waals surface area contributed by atoms with Gasteiger partial charge in [0, 0.05) is 24.5 Å². The van der Waals surface area contributed by atoms with Crippen LogP contribution in [0, 0.1) is 25.2 Å². The van der Waals surface area contributed by atoms with E-state index in [0.717, 1.165) is 36.3 Å². The molecule has 8 nitrogen and oxygen atoms in total. The second-order valence-corrected chi connectivity index (χ2v) is 5.99. The first-order chi connectivity index (χ1) is 12.8. The Hall–Kier alpha value is -3.08. The summed E-state index contributed by atoms with van der Waals surface area (Å²) in [6.45, 7) is 8.29. The molecule has 0 unspecified atom stereocenters. The van der Waals surface area contributed by atoms with E-state index in [1.807, 2.05) is 25.2 Å². The molecule has 0 atom stereocenters. The highest BCUT2D eigenvalue weighted by Crippen LogP contribution is 2.19. The summed E-state index contributed by atoms with van der Waals surface area (Å²) in [5.74, 6) is -1.69. The van der Waals surface area contributed by atoms with Crippen LogP contribution < -0.4 is 10.6 Å². The summed E-state index contributed by atoms with van der Waals surface area (Å²) in [5, 5.41) is 13.6. The number of nitrogens with zero attached hydrogens (tertiary/aromatic N) is 2. The van der Waals surface area contributed by atoms with Crippen molar-refractivity contribution in [1.29, 1.82) is 5.26 Å². The topological polar surface area (TPSA) is 113 Å². The van der Waals surface area contributed by atoms with E-state index >= 15 is 0 Å². The Morgan fingerprint density at radius 1 is 1.30 bits per heavy atom. The van der Waals surface area contributed by atoms with Gasteiger partial charge in [-0.2, -0.15) is 5.26 Å². The average Bonchev–Trinajstić information content (AvgIpc) is 2.89. The van der Waals surface area contributed by atoms with Gasteiger partial charge in [-0.3, -0.25) is 10.1 Å². The minimum absolute atomic E-state index is 0.212. The van der Waals surface area contributed by atoms with Crippen molar-refractivity contribution in [2.75, 3.05) is 13.2 Å². The van der Waals surface area contributed by atoms with Crippen molar-refractivity contribution in [3.63, 3.8) is 0 Å². The molecule has 2 N–H and O–H groups in total. The summed E-state index contributed by atoms with van der Waals surface area (Å²) in [6.07, 6.45) is 3.55. The lowest BCUT2D eigenvalue weighted by atomic mass is 10.1. The number of hydrogen-bond acceptors (Lipinski definition) is 5. The van der Waals surface area contributed by atoms with Gasteiger partial charge in [-0.25, -0.2) is 9.59 Å². The number of ether oxygens (including phenoxy) is 1. The lowest BCUT2D eigenvalue weighted by Gasteiger charge is -2.08. The van der Waals surface area contributed by atoms with Gasteiger partial charge in [-0.05, 0) is 44.9 Å². The third kappa shape index (κ3) is 6.62. The molecule has 27 heavy (non-hydrogen) atoms. The number of amides is 3. The Morgan fingerprint density at radius 2 is 2.00 bits per heavy atom. The van der Waals surface area contributed by atoms with E-state index in [-0.39, 0.29) is 5.57 Å². The molecule has 146 valence electrons. The fourth-order valence-corrected chi connectivity index (χ4v) is 2.50. The van der Waals surface area contributed by atoms with Crippen molar-refractivity contribution in [3.05, 3.63) is 28.6 Å². The number of hydrogen-bond donors (Lipinski definition) is 2. The van der Waals surface area contributed by atoms with Crippen LogP contribution in [0.1, 0.15) is 43.6 Å². The highest BCUT2D eigenvalue weighted by Gasteiger charge is 2.16. The van der Waals surface area contributed by atoms with Crippen molar-refractivity contribution < 1.29 is 19.1 Å². The van der Waals surface area contributed by atoms with Gasteiger partial charge in [-0.15, -0.1) is 0 Å². The molecule has 1 rings (SSSR count). The fourth-order valence-electron chi connectivity index (χ4n) is 2.50. The summed E-state index contributed by atoms with van der Waals surface area (Å²) in [5.41, 5.74) is 2.54. The third-order valence-corrected chi connectivity index (χ3v) is 3.91. The zero-order valence-electron chi connectivity index (χ0n) is 16.2. The Kier molecular flexibility index (Phi) is 8.79. The molecule has 1 heterocycles. The van der Waals surface area contributed by atoms with E-state index < -0.39 is 24.5 Å². The molecule has 0 saturated heterocycles. The van der Waals surface area contributed by atoms with Crippen LogP contribution in [-0.2, 0) is 20.9 Å². The Bertz CT molecular complexity index is 771. The van der Waals surface area contributed by atoms with Crippen molar-refractivity contribution in [3.8, 4) is 6.07 Å². The summed E-state index contributed by atoms with van der Waals surface area (Å²) in [6, 6.07) is 3.03. The van der Waals surface area contributed by atoms with Gasteiger partial charge < -0.3 is 14.6 Å². The largest absolute Gasteiger partial charge is 0.451 e. The van der Waals surface area contributed by atoms with Gasteiger partial charge >= 0.3 is 12.0 Å². The third-order valence-electron chi connectivity index (χ3n) is 3.91. The van der Waals surface area contributed by atoms with Crippen LogP contribution in [0.25, 0.3) is 6.08 Å². The molecule has 0 aliphatic carbocycles. The quantitative estimate of drug-likeness (QED) is 0.411. The van der Waals surface area contributed by atoms with Crippen molar-refractivity contribution in [1.82, 2.24) is 15.2 Å². The van der Waals surface area contributed by atoms with Crippen LogP contribution in [0.5, 0.6) is 0 Å². The van der Waals surface area contributed by atoms with Crippen LogP contribution in [0.3, 0.4) is 0 Å². The van der Waals surface area contributed by atoms with Crippen LogP contribution in [-0.4, -0.2) is 35.6 Å². The molecule has 0 aromatic carbocycles.